The highest BCUT2D eigenvalue weighted by Gasteiger charge is 2.25. The maximum Gasteiger partial charge on any atom is 0.424 e. The van der Waals surface area contributed by atoms with E-state index in [4.69, 9.17) is 4.42 Å². The molecule has 8 heteroatoms. The monoisotopic (exact) mass is 514 g/mol. The van der Waals surface area contributed by atoms with E-state index in [1.807, 2.05) is 60.7 Å². The van der Waals surface area contributed by atoms with E-state index in [0.717, 1.165) is 11.1 Å². The zero-order valence-corrected chi connectivity index (χ0v) is 20.5. The lowest BCUT2D eigenvalue weighted by Gasteiger charge is -2.23. The van der Waals surface area contributed by atoms with Gasteiger partial charge in [-0.05, 0) is 47.5 Å². The van der Waals surface area contributed by atoms with Crippen LogP contribution in [0.15, 0.2) is 130 Å². The number of nitrogens with zero attached hydrogens (tertiary/aromatic N) is 2. The summed E-state index contributed by atoms with van der Waals surface area (Å²) in [7, 11) is -3.86. The average Bonchev–Trinajstić information content (AvgIpc) is 3.31. The number of rotatable bonds is 8. The molecule has 0 amide bonds. The largest absolute Gasteiger partial charge is 0.424 e. The minimum Gasteiger partial charge on any atom is -0.415 e. The van der Waals surface area contributed by atoms with Crippen LogP contribution < -0.4 is 5.76 Å². The van der Waals surface area contributed by atoms with Crippen LogP contribution in [-0.4, -0.2) is 17.3 Å². The summed E-state index contributed by atoms with van der Waals surface area (Å²) in [6, 6.07) is 30.6. The summed E-state index contributed by atoms with van der Waals surface area (Å²) in [5.74, 6) is -1.05. The molecule has 0 aliphatic rings. The van der Waals surface area contributed by atoms with Gasteiger partial charge in [0.05, 0.1) is 16.3 Å². The van der Waals surface area contributed by atoms with Crippen molar-refractivity contribution in [2.24, 2.45) is 0 Å². The van der Waals surface area contributed by atoms with Gasteiger partial charge in [-0.1, -0.05) is 72.8 Å². The number of aromatic nitrogens is 1. The van der Waals surface area contributed by atoms with E-state index >= 15 is 0 Å². The van der Waals surface area contributed by atoms with Crippen LogP contribution in [0.4, 0.5) is 4.39 Å². The van der Waals surface area contributed by atoms with Gasteiger partial charge < -0.3 is 4.42 Å². The van der Waals surface area contributed by atoms with Crippen molar-refractivity contribution in [2.45, 2.75) is 18.0 Å². The first-order valence-corrected chi connectivity index (χ1v) is 13.0. The molecule has 0 fully saturated rings. The molecule has 0 radical (unpaired) electrons. The zero-order chi connectivity index (χ0) is 25.8. The van der Waals surface area contributed by atoms with Crippen LogP contribution >= 0.6 is 0 Å². The lowest BCUT2D eigenvalue weighted by atomic mass is 10.1. The molecule has 0 N–H and O–H groups in total. The van der Waals surface area contributed by atoms with Crippen molar-refractivity contribution < 1.29 is 17.2 Å². The van der Waals surface area contributed by atoms with Gasteiger partial charge in [-0.2, -0.15) is 4.31 Å². The Kier molecular flexibility index (Phi) is 6.85. The Balaban J connectivity index is 1.48. The molecule has 6 nitrogen and oxygen atoms in total. The third-order valence-electron chi connectivity index (χ3n) is 5.97. The molecular formula is C29H23FN2O4S. The number of hydrogen-bond donors (Lipinski definition) is 0. The van der Waals surface area contributed by atoms with Gasteiger partial charge in [0.1, 0.15) is 12.1 Å². The number of benzene rings is 4. The van der Waals surface area contributed by atoms with E-state index < -0.39 is 21.6 Å². The summed E-state index contributed by atoms with van der Waals surface area (Å²) in [5, 5.41) is 0. The van der Waals surface area contributed by atoms with E-state index in [9.17, 15) is 17.6 Å². The van der Waals surface area contributed by atoms with Crippen molar-refractivity contribution in [1.29, 1.82) is 0 Å². The molecule has 0 aliphatic carbocycles. The molecule has 0 spiro atoms. The second kappa shape index (κ2) is 10.4. The first kappa shape index (κ1) is 24.4. The Morgan fingerprint density at radius 2 is 1.27 bits per heavy atom. The smallest absolute Gasteiger partial charge is 0.415 e. The maximum absolute atomic E-state index is 13.7. The third-order valence-corrected chi connectivity index (χ3v) is 7.78. The van der Waals surface area contributed by atoms with Gasteiger partial charge in [0.25, 0.3) is 0 Å². The van der Waals surface area contributed by atoms with Gasteiger partial charge in [0, 0.05) is 18.7 Å². The molecule has 37 heavy (non-hydrogen) atoms. The predicted molar refractivity (Wildman–Crippen MR) is 139 cm³/mol. The topological polar surface area (TPSA) is 72.5 Å². The molecule has 0 atom stereocenters. The fourth-order valence-corrected chi connectivity index (χ4v) is 5.50. The molecular weight excluding hydrogens is 491 g/mol. The van der Waals surface area contributed by atoms with Crippen LogP contribution in [-0.2, 0) is 23.1 Å². The highest BCUT2D eigenvalue weighted by Crippen LogP contribution is 2.26. The Morgan fingerprint density at radius 1 is 0.730 bits per heavy atom. The van der Waals surface area contributed by atoms with Crippen LogP contribution in [0.25, 0.3) is 16.9 Å². The van der Waals surface area contributed by atoms with Crippen LogP contribution in [0.5, 0.6) is 0 Å². The minimum absolute atomic E-state index is 0.127. The van der Waals surface area contributed by atoms with Crippen LogP contribution in [0, 0.1) is 5.82 Å². The van der Waals surface area contributed by atoms with Crippen LogP contribution in [0.1, 0.15) is 11.1 Å². The Hall–Kier alpha value is -4.27. The lowest BCUT2D eigenvalue weighted by Crippen LogP contribution is -2.30. The first-order valence-electron chi connectivity index (χ1n) is 11.6. The SMILES string of the molecule is O=c1occ(-c2ccc(S(=O)(=O)N(Cc3ccccc3)Cc3ccccc3)cc2)n1-c1ccc(F)cc1. The summed E-state index contributed by atoms with van der Waals surface area (Å²) in [6.07, 6.45) is 1.30. The van der Waals surface area contributed by atoms with Gasteiger partial charge >= 0.3 is 5.76 Å². The molecule has 0 saturated heterocycles. The predicted octanol–water partition coefficient (Wildman–Crippen LogP) is 5.63. The van der Waals surface area contributed by atoms with E-state index in [1.165, 1.54) is 51.5 Å². The summed E-state index contributed by atoms with van der Waals surface area (Å²) in [4.78, 5) is 12.5. The van der Waals surface area contributed by atoms with Crippen molar-refractivity contribution in [3.8, 4) is 16.9 Å². The van der Waals surface area contributed by atoms with Gasteiger partial charge in [-0.25, -0.2) is 22.2 Å². The van der Waals surface area contributed by atoms with Crippen molar-refractivity contribution in [1.82, 2.24) is 8.87 Å². The molecule has 0 aliphatic heterocycles. The number of halogens is 1. The summed E-state index contributed by atoms with van der Waals surface area (Å²) in [5.41, 5.74) is 3.18. The van der Waals surface area contributed by atoms with E-state index in [2.05, 4.69) is 0 Å². The number of oxazole rings is 1. The molecule has 0 bridgehead atoms. The van der Waals surface area contributed by atoms with Gasteiger partial charge in [0.15, 0.2) is 0 Å². The highest BCUT2D eigenvalue weighted by atomic mass is 32.2. The van der Waals surface area contributed by atoms with E-state index in [-0.39, 0.29) is 18.0 Å². The zero-order valence-electron chi connectivity index (χ0n) is 19.7. The second-order valence-corrected chi connectivity index (χ2v) is 10.4. The first-order chi connectivity index (χ1) is 17.9. The van der Waals surface area contributed by atoms with E-state index in [1.54, 1.807) is 12.1 Å². The molecule has 4 aromatic carbocycles. The third kappa shape index (κ3) is 5.30. The lowest BCUT2D eigenvalue weighted by molar-refractivity contribution is 0.401. The molecule has 1 aromatic heterocycles. The normalized spacial score (nSPS) is 11.6. The van der Waals surface area contributed by atoms with Crippen LogP contribution in [0.2, 0.25) is 0 Å². The summed E-state index contributed by atoms with van der Waals surface area (Å²) < 4.78 is 48.7. The molecule has 1 heterocycles. The summed E-state index contributed by atoms with van der Waals surface area (Å²) in [6.45, 7) is 0.428. The molecule has 5 aromatic rings. The number of hydrogen-bond acceptors (Lipinski definition) is 4. The molecule has 186 valence electrons. The fraction of sp³-hybridized carbons (Fsp3) is 0.0690. The quantitative estimate of drug-likeness (QED) is 0.269. The van der Waals surface area contributed by atoms with Crippen molar-refractivity contribution in [2.75, 3.05) is 0 Å². The van der Waals surface area contributed by atoms with Crippen molar-refractivity contribution in [3.63, 3.8) is 0 Å². The van der Waals surface area contributed by atoms with Gasteiger partial charge in [-0.15, -0.1) is 0 Å². The second-order valence-electron chi connectivity index (χ2n) is 8.47. The Bertz CT molecular complexity index is 1600. The molecule has 0 saturated carbocycles. The molecule has 5 rings (SSSR count). The van der Waals surface area contributed by atoms with Crippen LogP contribution in [0.3, 0.4) is 0 Å². The summed E-state index contributed by atoms with van der Waals surface area (Å²) >= 11 is 0. The van der Waals surface area contributed by atoms with Crippen molar-refractivity contribution >= 4 is 10.0 Å². The fourth-order valence-electron chi connectivity index (χ4n) is 4.09. The number of sulfonamides is 1. The Morgan fingerprint density at radius 3 is 1.81 bits per heavy atom. The standard InChI is InChI=1S/C29H23FN2O4S/c30-25-13-15-26(16-14-25)32-28(21-36-29(32)33)24-11-17-27(18-12-24)37(34,35)31(19-22-7-3-1-4-8-22)20-23-9-5-2-6-10-23/h1-18,21H,19-20H2. The molecule has 0 unspecified atom stereocenters. The Labute approximate surface area is 213 Å². The highest BCUT2D eigenvalue weighted by molar-refractivity contribution is 7.89. The van der Waals surface area contributed by atoms with E-state index in [0.29, 0.717) is 16.9 Å². The minimum atomic E-state index is -3.86. The van der Waals surface area contributed by atoms with Gasteiger partial charge in [0.2, 0.25) is 10.0 Å². The average molecular weight is 515 g/mol. The van der Waals surface area contributed by atoms with Crippen molar-refractivity contribution in [3.05, 3.63) is 143 Å². The maximum atomic E-state index is 13.7. The van der Waals surface area contributed by atoms with Gasteiger partial charge in [-0.3, -0.25) is 0 Å².